The Morgan fingerprint density at radius 2 is 1.87 bits per heavy atom. The molecule has 1 aliphatic rings. The van der Waals surface area contributed by atoms with Crippen molar-refractivity contribution in [2.75, 3.05) is 18.5 Å². The van der Waals surface area contributed by atoms with E-state index >= 15 is 0 Å². The van der Waals surface area contributed by atoms with Gasteiger partial charge in [0, 0.05) is 46.3 Å². The van der Waals surface area contributed by atoms with Gasteiger partial charge >= 0.3 is 0 Å². The van der Waals surface area contributed by atoms with E-state index in [2.05, 4.69) is 5.32 Å². The van der Waals surface area contributed by atoms with Crippen LogP contribution in [0.2, 0.25) is 0 Å². The molecule has 1 saturated heterocycles. The first-order chi connectivity index (χ1) is 15.2. The summed E-state index contributed by atoms with van der Waals surface area (Å²) in [4.78, 5) is 12.8. The van der Waals surface area contributed by atoms with Crippen LogP contribution < -0.4 is 10.1 Å². The van der Waals surface area contributed by atoms with E-state index in [1.165, 1.54) is 6.26 Å². The SMILES string of the molecule is O=C(Nc1cccc(CS(=O)C2CCOCC2)c1)c1occc1COc1ccccc1. The minimum atomic E-state index is -0.960. The first kappa shape index (κ1) is 21.3. The van der Waals surface area contributed by atoms with Crippen LogP contribution in [0.5, 0.6) is 5.75 Å². The van der Waals surface area contributed by atoms with Gasteiger partial charge in [0.15, 0.2) is 5.76 Å². The van der Waals surface area contributed by atoms with E-state index in [1.807, 2.05) is 54.6 Å². The second-order valence-corrected chi connectivity index (χ2v) is 9.08. The van der Waals surface area contributed by atoms with Crippen LogP contribution in [-0.4, -0.2) is 28.6 Å². The third-order valence-electron chi connectivity index (χ3n) is 5.12. The molecule has 0 aliphatic carbocycles. The quantitative estimate of drug-likeness (QED) is 0.558. The normalized spacial score (nSPS) is 15.4. The predicted molar refractivity (Wildman–Crippen MR) is 120 cm³/mol. The molecule has 1 aromatic heterocycles. The van der Waals surface area contributed by atoms with Crippen LogP contribution in [0.25, 0.3) is 0 Å². The van der Waals surface area contributed by atoms with E-state index < -0.39 is 10.8 Å². The number of ether oxygens (including phenoxy) is 2. The van der Waals surface area contributed by atoms with Crippen molar-refractivity contribution >= 4 is 22.4 Å². The summed E-state index contributed by atoms with van der Waals surface area (Å²) in [5, 5.41) is 3.04. The Balaban J connectivity index is 1.37. The molecule has 1 atom stereocenters. The number of anilines is 1. The fraction of sp³-hybridized carbons (Fsp3) is 0.292. The van der Waals surface area contributed by atoms with E-state index in [0.29, 0.717) is 30.2 Å². The van der Waals surface area contributed by atoms with Crippen LogP contribution in [0, 0.1) is 0 Å². The van der Waals surface area contributed by atoms with Crippen molar-refractivity contribution in [2.45, 2.75) is 30.5 Å². The molecule has 0 radical (unpaired) electrons. The lowest BCUT2D eigenvalue weighted by Gasteiger charge is -2.21. The molecule has 3 aromatic rings. The summed E-state index contributed by atoms with van der Waals surface area (Å²) >= 11 is 0. The molecule has 6 nitrogen and oxygen atoms in total. The maximum absolute atomic E-state index is 12.8. The zero-order chi connectivity index (χ0) is 21.5. The highest BCUT2D eigenvalue weighted by Crippen LogP contribution is 2.21. The Morgan fingerprint density at radius 1 is 1.06 bits per heavy atom. The summed E-state index contributed by atoms with van der Waals surface area (Å²) < 4.78 is 29.1. The lowest BCUT2D eigenvalue weighted by atomic mass is 10.2. The van der Waals surface area contributed by atoms with Gasteiger partial charge in [0.25, 0.3) is 5.91 Å². The van der Waals surface area contributed by atoms with E-state index in [0.717, 1.165) is 24.2 Å². The highest BCUT2D eigenvalue weighted by Gasteiger charge is 2.21. The monoisotopic (exact) mass is 439 g/mol. The van der Waals surface area contributed by atoms with Gasteiger partial charge in [-0.25, -0.2) is 0 Å². The summed E-state index contributed by atoms with van der Waals surface area (Å²) in [7, 11) is -0.960. The van der Waals surface area contributed by atoms with Gasteiger partial charge in [-0.1, -0.05) is 30.3 Å². The van der Waals surface area contributed by atoms with Gasteiger partial charge in [-0.15, -0.1) is 0 Å². The van der Waals surface area contributed by atoms with Crippen molar-refractivity contribution in [2.24, 2.45) is 0 Å². The molecule has 2 aromatic carbocycles. The number of amides is 1. The first-order valence-electron chi connectivity index (χ1n) is 10.3. The highest BCUT2D eigenvalue weighted by molar-refractivity contribution is 7.84. The third kappa shape index (κ3) is 5.83. The number of para-hydroxylation sites is 1. The molecule has 4 rings (SSSR count). The van der Waals surface area contributed by atoms with Crippen molar-refractivity contribution in [1.29, 1.82) is 0 Å². The van der Waals surface area contributed by atoms with Gasteiger partial charge in [-0.3, -0.25) is 9.00 Å². The van der Waals surface area contributed by atoms with Gasteiger partial charge in [0.05, 0.1) is 6.26 Å². The molecule has 0 bridgehead atoms. The number of hydrogen-bond donors (Lipinski definition) is 1. The van der Waals surface area contributed by atoms with Gasteiger partial charge in [0.2, 0.25) is 0 Å². The average molecular weight is 440 g/mol. The van der Waals surface area contributed by atoms with E-state index in [4.69, 9.17) is 13.9 Å². The third-order valence-corrected chi connectivity index (χ3v) is 6.96. The molecule has 1 unspecified atom stereocenters. The van der Waals surface area contributed by atoms with Gasteiger partial charge in [-0.2, -0.15) is 0 Å². The van der Waals surface area contributed by atoms with Crippen molar-refractivity contribution in [1.82, 2.24) is 0 Å². The fourth-order valence-corrected chi connectivity index (χ4v) is 4.94. The van der Waals surface area contributed by atoms with E-state index in [9.17, 15) is 9.00 Å². The molecule has 2 heterocycles. The summed E-state index contributed by atoms with van der Waals surface area (Å²) in [6, 6.07) is 18.6. The van der Waals surface area contributed by atoms with Crippen LogP contribution in [0.1, 0.15) is 34.5 Å². The van der Waals surface area contributed by atoms with Crippen LogP contribution in [0.15, 0.2) is 71.3 Å². The van der Waals surface area contributed by atoms with Crippen molar-refractivity contribution in [3.05, 3.63) is 83.8 Å². The molecular formula is C24H25NO5S. The molecule has 1 N–H and O–H groups in total. The molecular weight excluding hydrogens is 414 g/mol. The van der Waals surface area contributed by atoms with Gasteiger partial charge in [-0.05, 0) is 48.7 Å². The molecule has 1 fully saturated rings. The topological polar surface area (TPSA) is 77.8 Å². The lowest BCUT2D eigenvalue weighted by molar-refractivity contribution is 0.0990. The minimum absolute atomic E-state index is 0.169. The summed E-state index contributed by atoms with van der Waals surface area (Å²) in [5.74, 6) is 1.05. The Labute approximate surface area is 184 Å². The zero-order valence-electron chi connectivity index (χ0n) is 17.1. The maximum atomic E-state index is 12.8. The van der Waals surface area contributed by atoms with Gasteiger partial charge in [0.1, 0.15) is 12.4 Å². The molecule has 0 saturated carbocycles. The van der Waals surface area contributed by atoms with Gasteiger partial charge < -0.3 is 19.2 Å². The van der Waals surface area contributed by atoms with Crippen LogP contribution in [-0.2, 0) is 27.9 Å². The Hall–Kier alpha value is -2.90. The Bertz CT molecular complexity index is 1030. The Morgan fingerprint density at radius 3 is 2.68 bits per heavy atom. The number of furan rings is 1. The maximum Gasteiger partial charge on any atom is 0.291 e. The van der Waals surface area contributed by atoms with E-state index in [-0.39, 0.29) is 23.5 Å². The van der Waals surface area contributed by atoms with Crippen molar-refractivity contribution in [3.63, 3.8) is 0 Å². The fourth-order valence-electron chi connectivity index (χ4n) is 3.47. The van der Waals surface area contributed by atoms with Crippen molar-refractivity contribution < 1.29 is 22.9 Å². The first-order valence-corrected chi connectivity index (χ1v) is 11.7. The molecule has 7 heteroatoms. The Kier molecular flexibility index (Phi) is 7.17. The highest BCUT2D eigenvalue weighted by atomic mass is 32.2. The van der Waals surface area contributed by atoms with E-state index in [1.54, 1.807) is 6.07 Å². The molecule has 1 aliphatic heterocycles. The average Bonchev–Trinajstić information content (AvgIpc) is 3.28. The standard InChI is InChI=1S/C24H25NO5S/c26-24(23-19(9-14-29-23)16-30-21-7-2-1-3-8-21)25-20-6-4-5-18(15-20)17-31(27)22-10-12-28-13-11-22/h1-9,14-15,22H,10-13,16-17H2,(H,25,26). The van der Waals surface area contributed by atoms with Crippen molar-refractivity contribution in [3.8, 4) is 5.75 Å². The second-order valence-electron chi connectivity index (χ2n) is 7.37. The number of rotatable bonds is 8. The molecule has 1 amide bonds. The minimum Gasteiger partial charge on any atom is -0.489 e. The molecule has 0 spiro atoms. The molecule has 31 heavy (non-hydrogen) atoms. The lowest BCUT2D eigenvalue weighted by Crippen LogP contribution is -2.25. The molecule has 162 valence electrons. The van der Waals surface area contributed by atoms with Crippen LogP contribution in [0.3, 0.4) is 0 Å². The summed E-state index contributed by atoms with van der Waals surface area (Å²) in [5.41, 5.74) is 2.23. The second kappa shape index (κ2) is 10.4. The number of benzene rings is 2. The number of carbonyl (C=O) groups excluding carboxylic acids is 1. The largest absolute Gasteiger partial charge is 0.489 e. The number of carbonyl (C=O) groups is 1. The van der Waals surface area contributed by atoms with Crippen LogP contribution >= 0.6 is 0 Å². The number of hydrogen-bond acceptors (Lipinski definition) is 5. The predicted octanol–water partition coefficient (Wildman–Crippen LogP) is 4.54. The summed E-state index contributed by atoms with van der Waals surface area (Å²) in [6.07, 6.45) is 3.14. The van der Waals surface area contributed by atoms with Crippen LogP contribution in [0.4, 0.5) is 5.69 Å². The zero-order valence-corrected chi connectivity index (χ0v) is 17.9. The summed E-state index contributed by atoms with van der Waals surface area (Å²) in [6.45, 7) is 1.57. The smallest absolute Gasteiger partial charge is 0.291 e. The number of nitrogens with one attached hydrogen (secondary N) is 1.